The van der Waals surface area contributed by atoms with E-state index in [-0.39, 0.29) is 12.2 Å². The molecule has 37 heavy (non-hydrogen) atoms. The fourth-order valence-corrected chi connectivity index (χ4v) is 6.12. The summed E-state index contributed by atoms with van der Waals surface area (Å²) in [6.07, 6.45) is 5.18. The molecule has 192 valence electrons. The second-order valence-corrected chi connectivity index (χ2v) is 10.6. The molecule has 3 aliphatic rings. The zero-order valence-corrected chi connectivity index (χ0v) is 21.7. The number of hydrogen-bond donors (Lipinski definition) is 1. The largest absolute Gasteiger partial charge is 0.370 e. The van der Waals surface area contributed by atoms with Gasteiger partial charge in [-0.05, 0) is 68.3 Å². The van der Waals surface area contributed by atoms with Crippen LogP contribution in [0.2, 0.25) is 0 Å². The summed E-state index contributed by atoms with van der Waals surface area (Å²) in [6, 6.07) is 13.0. The summed E-state index contributed by atoms with van der Waals surface area (Å²) in [4.78, 5) is 16.7. The van der Waals surface area contributed by atoms with Crippen molar-refractivity contribution >= 4 is 22.4 Å². The molecule has 3 aromatic rings. The molecule has 1 N–H and O–H groups in total. The number of anilines is 2. The number of nitriles is 1. The lowest BCUT2D eigenvalue weighted by Gasteiger charge is -2.42. The van der Waals surface area contributed by atoms with Gasteiger partial charge in [0, 0.05) is 75.3 Å². The molecule has 2 saturated heterocycles. The quantitative estimate of drug-likeness (QED) is 0.589. The number of benzene rings is 1. The molecule has 0 amide bonds. The van der Waals surface area contributed by atoms with Crippen LogP contribution in [0.3, 0.4) is 0 Å². The van der Waals surface area contributed by atoms with Crippen LogP contribution in [0, 0.1) is 11.3 Å². The van der Waals surface area contributed by atoms with E-state index in [2.05, 4.69) is 69.3 Å². The van der Waals surface area contributed by atoms with Crippen LogP contribution < -0.4 is 15.1 Å². The maximum atomic E-state index is 9.52. The Kier molecular flexibility index (Phi) is 6.68. The number of ether oxygens (including phenoxy) is 1. The Bertz CT molecular complexity index is 1310. The van der Waals surface area contributed by atoms with Gasteiger partial charge < -0.3 is 19.9 Å². The zero-order valence-electron chi connectivity index (χ0n) is 21.7. The van der Waals surface area contributed by atoms with Crippen LogP contribution in [-0.2, 0) is 11.2 Å². The van der Waals surface area contributed by atoms with Crippen molar-refractivity contribution in [2.45, 2.75) is 38.5 Å². The van der Waals surface area contributed by atoms with Crippen LogP contribution in [0.4, 0.5) is 11.5 Å². The summed E-state index contributed by atoms with van der Waals surface area (Å²) in [5.74, 6) is 1.11. The first-order chi connectivity index (χ1) is 18.1. The van der Waals surface area contributed by atoms with Gasteiger partial charge >= 0.3 is 0 Å². The number of piperazine rings is 1. The van der Waals surface area contributed by atoms with Gasteiger partial charge in [-0.1, -0.05) is 0 Å². The molecule has 0 radical (unpaired) electrons. The van der Waals surface area contributed by atoms with Crippen molar-refractivity contribution in [2.75, 3.05) is 62.2 Å². The van der Waals surface area contributed by atoms with Gasteiger partial charge in [-0.3, -0.25) is 9.88 Å². The molecular weight excluding hydrogens is 462 g/mol. The van der Waals surface area contributed by atoms with Gasteiger partial charge in [0.15, 0.2) is 0 Å². The van der Waals surface area contributed by atoms with E-state index in [1.807, 2.05) is 12.1 Å². The molecule has 0 aliphatic carbocycles. The Labute approximate surface area is 218 Å². The number of nitrogens with zero attached hydrogens (tertiary/aromatic N) is 6. The van der Waals surface area contributed by atoms with Crippen LogP contribution in [0.5, 0.6) is 0 Å². The Morgan fingerprint density at radius 1 is 1.08 bits per heavy atom. The highest BCUT2D eigenvalue weighted by atomic mass is 16.5. The molecule has 0 saturated carbocycles. The minimum atomic E-state index is 0.133. The molecule has 0 spiro atoms. The SMILES string of the molecule is C[C@@H]1CN(c2ccc(C#N)c3ncccc23)C[C@H](CN2CCN(c3cc4c(cn3)[C@@H](C)NCC4)CC2)O1. The average Bonchev–Trinajstić information content (AvgIpc) is 2.92. The summed E-state index contributed by atoms with van der Waals surface area (Å²) in [5.41, 5.74) is 5.31. The van der Waals surface area contributed by atoms with Gasteiger partial charge in [-0.2, -0.15) is 5.26 Å². The minimum Gasteiger partial charge on any atom is -0.370 e. The van der Waals surface area contributed by atoms with E-state index >= 15 is 0 Å². The summed E-state index contributed by atoms with van der Waals surface area (Å²) in [7, 11) is 0. The number of pyridine rings is 2. The highest BCUT2D eigenvalue weighted by Gasteiger charge is 2.30. The standard InChI is InChI=1S/C29H35N7O/c1-20-17-36(27-6-5-23(15-30)29-25(27)4-3-8-32-29)19-24(37-20)18-34-10-12-35(13-11-34)28-14-22-7-9-31-21(2)26(22)16-33-28/h3-6,8,14,16,20-21,24,31H,7,9-13,17-19H2,1-2H3/t20-,21-,24+/m1/s1. The first-order valence-corrected chi connectivity index (χ1v) is 13.5. The van der Waals surface area contributed by atoms with Crippen LogP contribution in [0.1, 0.15) is 36.6 Å². The number of hydrogen-bond acceptors (Lipinski definition) is 8. The molecule has 2 aromatic heterocycles. The fourth-order valence-electron chi connectivity index (χ4n) is 6.12. The molecule has 0 bridgehead atoms. The van der Waals surface area contributed by atoms with E-state index in [1.165, 1.54) is 11.1 Å². The van der Waals surface area contributed by atoms with Crippen molar-refractivity contribution in [2.24, 2.45) is 0 Å². The Morgan fingerprint density at radius 3 is 2.78 bits per heavy atom. The first kappa shape index (κ1) is 24.1. The predicted molar refractivity (Wildman–Crippen MR) is 146 cm³/mol. The van der Waals surface area contributed by atoms with Crippen LogP contribution in [-0.4, -0.2) is 79.4 Å². The van der Waals surface area contributed by atoms with Crippen molar-refractivity contribution in [1.82, 2.24) is 20.2 Å². The van der Waals surface area contributed by atoms with E-state index in [0.29, 0.717) is 11.6 Å². The Balaban J connectivity index is 1.11. The topological polar surface area (TPSA) is 80.6 Å². The number of rotatable bonds is 4. The molecule has 5 heterocycles. The summed E-state index contributed by atoms with van der Waals surface area (Å²) >= 11 is 0. The first-order valence-electron chi connectivity index (χ1n) is 13.5. The molecule has 6 rings (SSSR count). The molecule has 0 unspecified atom stereocenters. The van der Waals surface area contributed by atoms with Gasteiger partial charge in [0.05, 0.1) is 23.3 Å². The van der Waals surface area contributed by atoms with Gasteiger partial charge in [0.25, 0.3) is 0 Å². The summed E-state index contributed by atoms with van der Waals surface area (Å²) < 4.78 is 6.40. The maximum Gasteiger partial charge on any atom is 0.128 e. The van der Waals surface area contributed by atoms with E-state index in [9.17, 15) is 5.26 Å². The van der Waals surface area contributed by atoms with E-state index in [4.69, 9.17) is 9.72 Å². The lowest BCUT2D eigenvalue weighted by atomic mass is 9.97. The zero-order chi connectivity index (χ0) is 25.4. The van der Waals surface area contributed by atoms with Crippen molar-refractivity contribution < 1.29 is 4.74 Å². The second-order valence-electron chi connectivity index (χ2n) is 10.6. The summed E-state index contributed by atoms with van der Waals surface area (Å²) in [6.45, 7) is 12.0. The third-order valence-corrected chi connectivity index (χ3v) is 8.01. The highest BCUT2D eigenvalue weighted by Crippen LogP contribution is 2.31. The third kappa shape index (κ3) is 4.87. The number of morpholine rings is 1. The van der Waals surface area contributed by atoms with E-state index in [0.717, 1.165) is 81.2 Å². The summed E-state index contributed by atoms with van der Waals surface area (Å²) in [5, 5.41) is 14.1. The molecule has 1 aromatic carbocycles. The number of nitrogens with one attached hydrogen (secondary N) is 1. The lowest BCUT2D eigenvalue weighted by molar-refractivity contribution is -0.0327. The number of fused-ring (bicyclic) bond motifs is 2. The van der Waals surface area contributed by atoms with Crippen molar-refractivity contribution in [3.63, 3.8) is 0 Å². The average molecular weight is 498 g/mol. The van der Waals surface area contributed by atoms with Crippen molar-refractivity contribution in [1.29, 1.82) is 5.26 Å². The Morgan fingerprint density at radius 2 is 1.95 bits per heavy atom. The van der Waals surface area contributed by atoms with Gasteiger partial charge in [-0.15, -0.1) is 0 Å². The molecule has 3 atom stereocenters. The Hall–Kier alpha value is -3.25. The molecule has 3 aliphatic heterocycles. The molecular formula is C29H35N7O. The monoisotopic (exact) mass is 497 g/mol. The van der Waals surface area contributed by atoms with E-state index < -0.39 is 0 Å². The predicted octanol–water partition coefficient (Wildman–Crippen LogP) is 3.12. The minimum absolute atomic E-state index is 0.133. The number of aromatic nitrogens is 2. The van der Waals surface area contributed by atoms with Crippen LogP contribution in [0.25, 0.3) is 10.9 Å². The fraction of sp³-hybridized carbons (Fsp3) is 0.483. The smallest absolute Gasteiger partial charge is 0.128 e. The van der Waals surface area contributed by atoms with Crippen LogP contribution in [0.15, 0.2) is 42.7 Å². The maximum absolute atomic E-state index is 9.52. The highest BCUT2D eigenvalue weighted by molar-refractivity contribution is 5.95. The second kappa shape index (κ2) is 10.3. The van der Waals surface area contributed by atoms with Crippen LogP contribution >= 0.6 is 0 Å². The third-order valence-electron chi connectivity index (χ3n) is 8.01. The van der Waals surface area contributed by atoms with Crippen molar-refractivity contribution in [3.05, 3.63) is 59.4 Å². The van der Waals surface area contributed by atoms with Gasteiger partial charge in [0.1, 0.15) is 11.9 Å². The normalized spacial score (nSPS) is 24.6. The molecule has 8 nitrogen and oxygen atoms in total. The van der Waals surface area contributed by atoms with Crippen molar-refractivity contribution in [3.8, 4) is 6.07 Å². The van der Waals surface area contributed by atoms with E-state index in [1.54, 1.807) is 6.20 Å². The van der Waals surface area contributed by atoms with Gasteiger partial charge in [0.2, 0.25) is 0 Å². The molecule has 2 fully saturated rings. The lowest BCUT2D eigenvalue weighted by Crippen LogP contribution is -2.54. The van der Waals surface area contributed by atoms with Gasteiger partial charge in [-0.25, -0.2) is 4.98 Å². The molecule has 8 heteroatoms.